The third kappa shape index (κ3) is 4.44. The van der Waals surface area contributed by atoms with Crippen molar-refractivity contribution in [3.63, 3.8) is 0 Å². The van der Waals surface area contributed by atoms with Crippen LogP contribution in [-0.4, -0.2) is 42.4 Å². The molecule has 0 amide bonds. The van der Waals surface area contributed by atoms with Gasteiger partial charge >= 0.3 is 6.18 Å². The van der Waals surface area contributed by atoms with Gasteiger partial charge in [0.25, 0.3) is 0 Å². The molecular weight excluding hydrogens is 197 g/mol. The van der Waals surface area contributed by atoms with Crippen LogP contribution in [0.4, 0.5) is 13.2 Å². The zero-order chi connectivity index (χ0) is 11.2. The van der Waals surface area contributed by atoms with Crippen molar-refractivity contribution in [1.29, 1.82) is 5.26 Å². The first-order valence-corrected chi connectivity index (χ1v) is 4.25. The molecule has 0 aromatic carbocycles. The summed E-state index contributed by atoms with van der Waals surface area (Å²) in [4.78, 5) is 1.39. The second-order valence-electron chi connectivity index (χ2n) is 2.84. The molecule has 6 heteroatoms. The minimum absolute atomic E-state index is 0.157. The average Bonchev–Trinajstić information content (AvgIpc) is 2.10. The molecule has 3 nitrogen and oxygen atoms in total. The summed E-state index contributed by atoms with van der Waals surface area (Å²) < 4.78 is 36.4. The maximum absolute atomic E-state index is 12.1. The number of likely N-dealkylation sites (N-methyl/N-ethyl adjacent to an activating group) is 1. The first-order valence-electron chi connectivity index (χ1n) is 4.25. The molecule has 0 rings (SSSR count). The highest BCUT2D eigenvalue weighted by atomic mass is 19.4. The van der Waals surface area contributed by atoms with Crippen LogP contribution >= 0.6 is 0 Å². The molecular formula is C8H13F3N2O. The van der Waals surface area contributed by atoms with Crippen molar-refractivity contribution >= 4 is 0 Å². The zero-order valence-corrected chi connectivity index (χ0v) is 7.88. The quantitative estimate of drug-likeness (QED) is 0.736. The van der Waals surface area contributed by atoms with Crippen molar-refractivity contribution in [2.24, 2.45) is 5.92 Å². The Balaban J connectivity index is 4.24. The van der Waals surface area contributed by atoms with Crippen LogP contribution in [0.1, 0.15) is 6.92 Å². The van der Waals surface area contributed by atoms with Crippen LogP contribution in [0.5, 0.6) is 0 Å². The first kappa shape index (κ1) is 13.2. The van der Waals surface area contributed by atoms with E-state index in [9.17, 15) is 13.2 Å². The van der Waals surface area contributed by atoms with E-state index in [1.807, 2.05) is 0 Å². The molecule has 0 saturated heterocycles. The van der Waals surface area contributed by atoms with Gasteiger partial charge in [-0.25, -0.2) is 0 Å². The van der Waals surface area contributed by atoms with Crippen LogP contribution in [0.3, 0.4) is 0 Å². The van der Waals surface area contributed by atoms with E-state index in [4.69, 9.17) is 10.4 Å². The summed E-state index contributed by atoms with van der Waals surface area (Å²) in [5.41, 5.74) is 0. The van der Waals surface area contributed by atoms with E-state index in [1.54, 1.807) is 6.92 Å². The number of hydrogen-bond acceptors (Lipinski definition) is 3. The standard InChI is InChI=1S/C8H13F3N2O/c1-2-13(3-4-14)6-7(5-12)8(9,10)11/h7,14H,2-4,6H2,1H3. The van der Waals surface area contributed by atoms with Gasteiger partial charge in [-0.15, -0.1) is 0 Å². The number of rotatable bonds is 5. The van der Waals surface area contributed by atoms with Crippen molar-refractivity contribution in [2.45, 2.75) is 13.1 Å². The topological polar surface area (TPSA) is 47.3 Å². The minimum Gasteiger partial charge on any atom is -0.395 e. The molecule has 1 N–H and O–H groups in total. The maximum Gasteiger partial charge on any atom is 0.405 e. The summed E-state index contributed by atoms with van der Waals surface area (Å²) in [7, 11) is 0. The van der Waals surface area contributed by atoms with E-state index in [0.717, 1.165) is 0 Å². The fourth-order valence-corrected chi connectivity index (χ4v) is 0.996. The largest absolute Gasteiger partial charge is 0.405 e. The van der Waals surface area contributed by atoms with E-state index in [0.29, 0.717) is 6.54 Å². The molecule has 1 unspecified atom stereocenters. The Morgan fingerprint density at radius 2 is 2.07 bits per heavy atom. The Morgan fingerprint density at radius 1 is 1.50 bits per heavy atom. The molecule has 14 heavy (non-hydrogen) atoms. The van der Waals surface area contributed by atoms with E-state index in [2.05, 4.69) is 0 Å². The number of nitriles is 1. The summed E-state index contributed by atoms with van der Waals surface area (Å²) in [6.07, 6.45) is -4.49. The van der Waals surface area contributed by atoms with Gasteiger partial charge in [0, 0.05) is 13.1 Å². The minimum atomic E-state index is -4.49. The maximum atomic E-state index is 12.1. The summed E-state index contributed by atoms with van der Waals surface area (Å²) in [5, 5.41) is 16.9. The van der Waals surface area contributed by atoms with Gasteiger partial charge in [-0.2, -0.15) is 18.4 Å². The van der Waals surface area contributed by atoms with Crippen LogP contribution < -0.4 is 0 Å². The predicted octanol–water partition coefficient (Wildman–Crippen LogP) is 1.00. The molecule has 0 aliphatic heterocycles. The van der Waals surface area contributed by atoms with Gasteiger partial charge in [0.15, 0.2) is 5.92 Å². The monoisotopic (exact) mass is 210 g/mol. The normalized spacial score (nSPS) is 14.1. The highest BCUT2D eigenvalue weighted by molar-refractivity contribution is 4.90. The molecule has 82 valence electrons. The molecule has 0 aromatic rings. The van der Waals surface area contributed by atoms with Crippen molar-refractivity contribution in [3.8, 4) is 6.07 Å². The molecule has 0 bridgehead atoms. The molecule has 0 saturated carbocycles. The van der Waals surface area contributed by atoms with Crippen LogP contribution in [-0.2, 0) is 0 Å². The lowest BCUT2D eigenvalue weighted by Crippen LogP contribution is -2.37. The Kier molecular flexibility index (Phi) is 5.50. The van der Waals surface area contributed by atoms with Crippen molar-refractivity contribution < 1.29 is 18.3 Å². The summed E-state index contributed by atoms with van der Waals surface area (Å²) in [6.45, 7) is 1.64. The van der Waals surface area contributed by atoms with Gasteiger partial charge in [-0.05, 0) is 6.54 Å². The van der Waals surface area contributed by atoms with Crippen LogP contribution in [0.15, 0.2) is 0 Å². The lowest BCUT2D eigenvalue weighted by atomic mass is 10.1. The Labute approximate surface area is 80.7 Å². The molecule has 0 spiro atoms. The molecule has 0 aromatic heterocycles. The molecule has 0 aliphatic rings. The Morgan fingerprint density at radius 3 is 2.36 bits per heavy atom. The van der Waals surface area contributed by atoms with Gasteiger partial charge < -0.3 is 5.11 Å². The average molecular weight is 210 g/mol. The molecule has 1 atom stereocenters. The molecule has 0 fully saturated rings. The molecule has 0 heterocycles. The van der Waals surface area contributed by atoms with E-state index in [1.165, 1.54) is 11.0 Å². The SMILES string of the molecule is CCN(CCO)CC(C#N)C(F)(F)F. The number of alkyl halides is 3. The number of nitrogens with zero attached hydrogens (tertiary/aromatic N) is 2. The number of aliphatic hydroxyl groups is 1. The van der Waals surface area contributed by atoms with Crippen LogP contribution in [0, 0.1) is 17.2 Å². The lowest BCUT2D eigenvalue weighted by Gasteiger charge is -2.23. The molecule has 0 radical (unpaired) electrons. The van der Waals surface area contributed by atoms with Crippen LogP contribution in [0.2, 0.25) is 0 Å². The van der Waals surface area contributed by atoms with Crippen molar-refractivity contribution in [2.75, 3.05) is 26.2 Å². The summed E-state index contributed by atoms with van der Waals surface area (Å²) in [5.74, 6) is -1.98. The summed E-state index contributed by atoms with van der Waals surface area (Å²) >= 11 is 0. The first-order chi connectivity index (χ1) is 6.45. The third-order valence-electron chi connectivity index (χ3n) is 1.86. The van der Waals surface area contributed by atoms with Crippen molar-refractivity contribution in [3.05, 3.63) is 0 Å². The summed E-state index contributed by atoms with van der Waals surface area (Å²) in [6, 6.07) is 1.22. The lowest BCUT2D eigenvalue weighted by molar-refractivity contribution is -0.163. The van der Waals surface area contributed by atoms with Gasteiger partial charge in [0.05, 0.1) is 12.7 Å². The van der Waals surface area contributed by atoms with Gasteiger partial charge in [-0.1, -0.05) is 6.92 Å². The number of halogens is 3. The number of hydrogen-bond donors (Lipinski definition) is 1. The predicted molar refractivity (Wildman–Crippen MR) is 44.4 cm³/mol. The Bertz CT molecular complexity index is 200. The fraction of sp³-hybridized carbons (Fsp3) is 0.875. The van der Waals surface area contributed by atoms with Crippen LogP contribution in [0.25, 0.3) is 0 Å². The van der Waals surface area contributed by atoms with E-state index >= 15 is 0 Å². The van der Waals surface area contributed by atoms with Gasteiger partial charge in [-0.3, -0.25) is 4.90 Å². The zero-order valence-electron chi connectivity index (χ0n) is 7.88. The second kappa shape index (κ2) is 5.83. The highest BCUT2D eigenvalue weighted by Crippen LogP contribution is 2.26. The second-order valence-corrected chi connectivity index (χ2v) is 2.84. The van der Waals surface area contributed by atoms with E-state index < -0.39 is 12.1 Å². The smallest absolute Gasteiger partial charge is 0.395 e. The third-order valence-corrected chi connectivity index (χ3v) is 1.86. The van der Waals surface area contributed by atoms with Crippen molar-refractivity contribution in [1.82, 2.24) is 4.90 Å². The van der Waals surface area contributed by atoms with E-state index in [-0.39, 0.29) is 19.7 Å². The number of aliphatic hydroxyl groups excluding tert-OH is 1. The van der Waals surface area contributed by atoms with Gasteiger partial charge in [0.1, 0.15) is 0 Å². The molecule has 0 aliphatic carbocycles. The fourth-order valence-electron chi connectivity index (χ4n) is 0.996. The highest BCUT2D eigenvalue weighted by Gasteiger charge is 2.40. The Hall–Kier alpha value is -0.800. The van der Waals surface area contributed by atoms with Gasteiger partial charge in [0.2, 0.25) is 0 Å².